The molecule has 1 rings (SSSR count). The van der Waals surface area contributed by atoms with Crippen LogP contribution in [0.2, 0.25) is 0 Å². The first-order chi connectivity index (χ1) is 9.32. The Kier molecular flexibility index (Phi) is 5.23. The second kappa shape index (κ2) is 6.49. The molecule has 20 heavy (non-hydrogen) atoms. The largest absolute Gasteiger partial charge is 0.465 e. The SMILES string of the molecule is CNC(=O)CN(C)S(=O)(=O)c1ccc(C(=O)OC)cc1. The summed E-state index contributed by atoms with van der Waals surface area (Å²) in [6, 6.07) is 5.29. The number of carbonyl (C=O) groups is 2. The Bertz CT molecular complexity index is 595. The van der Waals surface area contributed by atoms with Gasteiger partial charge in [0.2, 0.25) is 15.9 Å². The summed E-state index contributed by atoms with van der Waals surface area (Å²) in [6.45, 7) is -0.280. The van der Waals surface area contributed by atoms with Crippen LogP contribution in [0, 0.1) is 0 Å². The fraction of sp³-hybridized carbons (Fsp3) is 0.333. The highest BCUT2D eigenvalue weighted by atomic mass is 32.2. The number of likely N-dealkylation sites (N-methyl/N-ethyl adjacent to an activating group) is 2. The van der Waals surface area contributed by atoms with E-state index < -0.39 is 21.9 Å². The number of sulfonamides is 1. The molecule has 8 heteroatoms. The third-order valence-corrected chi connectivity index (χ3v) is 4.45. The summed E-state index contributed by atoms with van der Waals surface area (Å²) in [7, 11) is 0.196. The van der Waals surface area contributed by atoms with Crippen molar-refractivity contribution >= 4 is 21.9 Å². The van der Waals surface area contributed by atoms with Crippen LogP contribution >= 0.6 is 0 Å². The molecule has 1 N–H and O–H groups in total. The molecule has 0 atom stereocenters. The molecule has 1 aromatic rings. The number of nitrogens with zero attached hydrogens (tertiary/aromatic N) is 1. The maximum Gasteiger partial charge on any atom is 0.337 e. The number of carbonyl (C=O) groups excluding carboxylic acids is 2. The molecular weight excluding hydrogens is 284 g/mol. The molecule has 1 amide bonds. The summed E-state index contributed by atoms with van der Waals surface area (Å²) in [5, 5.41) is 2.34. The first-order valence-corrected chi connectivity index (χ1v) is 7.12. The van der Waals surface area contributed by atoms with Gasteiger partial charge in [0.1, 0.15) is 0 Å². The van der Waals surface area contributed by atoms with Gasteiger partial charge in [0.25, 0.3) is 0 Å². The number of amides is 1. The van der Waals surface area contributed by atoms with Crippen LogP contribution in [-0.2, 0) is 19.6 Å². The van der Waals surface area contributed by atoms with E-state index in [1.807, 2.05) is 0 Å². The minimum atomic E-state index is -3.77. The summed E-state index contributed by atoms with van der Waals surface area (Å²) in [6.07, 6.45) is 0. The summed E-state index contributed by atoms with van der Waals surface area (Å²) < 4.78 is 29.8. The molecule has 0 heterocycles. The van der Waals surface area contributed by atoms with Crippen molar-refractivity contribution in [2.75, 3.05) is 27.7 Å². The topological polar surface area (TPSA) is 92.8 Å². The van der Waals surface area contributed by atoms with Crippen LogP contribution in [0.25, 0.3) is 0 Å². The van der Waals surface area contributed by atoms with Crippen molar-refractivity contribution in [3.05, 3.63) is 29.8 Å². The highest BCUT2D eigenvalue weighted by Gasteiger charge is 2.22. The summed E-state index contributed by atoms with van der Waals surface area (Å²) in [5.41, 5.74) is 0.250. The molecule has 1 aromatic carbocycles. The van der Waals surface area contributed by atoms with E-state index in [2.05, 4.69) is 10.1 Å². The van der Waals surface area contributed by atoms with Crippen LogP contribution in [0.1, 0.15) is 10.4 Å². The van der Waals surface area contributed by atoms with Crippen molar-refractivity contribution in [1.82, 2.24) is 9.62 Å². The van der Waals surface area contributed by atoms with Crippen molar-refractivity contribution in [3.63, 3.8) is 0 Å². The average Bonchev–Trinajstić information content (AvgIpc) is 2.46. The molecule has 0 aromatic heterocycles. The molecule has 0 saturated heterocycles. The van der Waals surface area contributed by atoms with E-state index in [9.17, 15) is 18.0 Å². The number of nitrogens with one attached hydrogen (secondary N) is 1. The number of ether oxygens (including phenoxy) is 1. The van der Waals surface area contributed by atoms with E-state index in [-0.39, 0.29) is 17.0 Å². The Hall–Kier alpha value is -1.93. The molecule has 110 valence electrons. The zero-order valence-corrected chi connectivity index (χ0v) is 12.2. The lowest BCUT2D eigenvalue weighted by atomic mass is 10.2. The van der Waals surface area contributed by atoms with E-state index in [4.69, 9.17) is 0 Å². The highest BCUT2D eigenvalue weighted by molar-refractivity contribution is 7.89. The third kappa shape index (κ3) is 3.55. The maximum atomic E-state index is 12.2. The summed E-state index contributed by atoms with van der Waals surface area (Å²) >= 11 is 0. The van der Waals surface area contributed by atoms with Crippen LogP contribution in [0.5, 0.6) is 0 Å². The maximum absolute atomic E-state index is 12.2. The number of esters is 1. The van der Waals surface area contributed by atoms with E-state index >= 15 is 0 Å². The van der Waals surface area contributed by atoms with Crippen molar-refractivity contribution in [3.8, 4) is 0 Å². The Labute approximate surface area is 117 Å². The fourth-order valence-corrected chi connectivity index (χ4v) is 2.55. The molecule has 0 aliphatic carbocycles. The minimum absolute atomic E-state index is 0.00319. The van der Waals surface area contributed by atoms with Gasteiger partial charge in [-0.3, -0.25) is 4.79 Å². The lowest BCUT2D eigenvalue weighted by Crippen LogP contribution is -2.36. The smallest absolute Gasteiger partial charge is 0.337 e. The van der Waals surface area contributed by atoms with Crippen LogP contribution < -0.4 is 5.32 Å². The molecule has 0 aliphatic rings. The van der Waals surface area contributed by atoms with Gasteiger partial charge in [0.05, 0.1) is 24.1 Å². The van der Waals surface area contributed by atoms with Crippen LogP contribution in [0.4, 0.5) is 0 Å². The number of hydrogen-bond donors (Lipinski definition) is 1. The first-order valence-electron chi connectivity index (χ1n) is 5.68. The zero-order chi connectivity index (χ0) is 15.3. The monoisotopic (exact) mass is 300 g/mol. The predicted molar refractivity (Wildman–Crippen MR) is 71.7 cm³/mol. The van der Waals surface area contributed by atoms with Gasteiger partial charge in [-0.05, 0) is 24.3 Å². The van der Waals surface area contributed by atoms with E-state index in [0.717, 1.165) is 4.31 Å². The van der Waals surface area contributed by atoms with Crippen LogP contribution in [-0.4, -0.2) is 52.3 Å². The molecular formula is C12H16N2O5S. The van der Waals surface area contributed by atoms with Crippen molar-refractivity contribution < 1.29 is 22.7 Å². The molecule has 0 fully saturated rings. The van der Waals surface area contributed by atoms with Crippen molar-refractivity contribution in [2.45, 2.75) is 4.90 Å². The van der Waals surface area contributed by atoms with Crippen molar-refractivity contribution in [1.29, 1.82) is 0 Å². The standard InChI is InChI=1S/C12H16N2O5S/c1-13-11(15)8-14(2)20(17,18)10-6-4-9(5-7-10)12(16)19-3/h4-7H,8H2,1-3H3,(H,13,15). The minimum Gasteiger partial charge on any atom is -0.465 e. The number of hydrogen-bond acceptors (Lipinski definition) is 5. The normalized spacial score (nSPS) is 11.2. The van der Waals surface area contributed by atoms with E-state index in [1.165, 1.54) is 45.5 Å². The van der Waals surface area contributed by atoms with Gasteiger partial charge >= 0.3 is 5.97 Å². The molecule has 0 saturated carbocycles. The number of methoxy groups -OCH3 is 1. The van der Waals surface area contributed by atoms with Gasteiger partial charge in [0, 0.05) is 14.1 Å². The highest BCUT2D eigenvalue weighted by Crippen LogP contribution is 2.15. The lowest BCUT2D eigenvalue weighted by molar-refractivity contribution is -0.120. The summed E-state index contributed by atoms with van der Waals surface area (Å²) in [5.74, 6) is -0.963. The number of rotatable bonds is 5. The van der Waals surface area contributed by atoms with Gasteiger partial charge in [-0.1, -0.05) is 0 Å². The summed E-state index contributed by atoms with van der Waals surface area (Å²) in [4.78, 5) is 22.5. The first kappa shape index (κ1) is 16.1. The molecule has 0 radical (unpaired) electrons. The molecule has 0 bridgehead atoms. The second-order valence-corrected chi connectivity index (χ2v) is 6.00. The van der Waals surface area contributed by atoms with Crippen LogP contribution in [0.3, 0.4) is 0 Å². The van der Waals surface area contributed by atoms with Gasteiger partial charge in [-0.15, -0.1) is 0 Å². The van der Waals surface area contributed by atoms with E-state index in [1.54, 1.807) is 0 Å². The average molecular weight is 300 g/mol. The Morgan fingerprint density at radius 1 is 1.25 bits per heavy atom. The molecule has 0 spiro atoms. The second-order valence-electron chi connectivity index (χ2n) is 3.95. The van der Waals surface area contributed by atoms with Gasteiger partial charge in [-0.25, -0.2) is 13.2 Å². The zero-order valence-electron chi connectivity index (χ0n) is 11.4. The van der Waals surface area contributed by atoms with Gasteiger partial charge in [0.15, 0.2) is 0 Å². The fourth-order valence-electron chi connectivity index (χ4n) is 1.43. The predicted octanol–water partition coefficient (Wildman–Crippen LogP) is -0.160. The Morgan fingerprint density at radius 3 is 2.25 bits per heavy atom. The quantitative estimate of drug-likeness (QED) is 0.763. The van der Waals surface area contributed by atoms with Gasteiger partial charge in [-0.2, -0.15) is 4.31 Å². The third-order valence-electron chi connectivity index (χ3n) is 2.63. The number of benzene rings is 1. The van der Waals surface area contributed by atoms with Crippen LogP contribution in [0.15, 0.2) is 29.2 Å². The van der Waals surface area contributed by atoms with Crippen molar-refractivity contribution in [2.24, 2.45) is 0 Å². The molecule has 7 nitrogen and oxygen atoms in total. The van der Waals surface area contributed by atoms with E-state index in [0.29, 0.717) is 0 Å². The Morgan fingerprint density at radius 2 is 1.80 bits per heavy atom. The molecule has 0 aliphatic heterocycles. The molecule has 0 unspecified atom stereocenters. The lowest BCUT2D eigenvalue weighted by Gasteiger charge is -2.16. The van der Waals surface area contributed by atoms with Gasteiger partial charge < -0.3 is 10.1 Å². The Balaban J connectivity index is 2.98.